The van der Waals surface area contributed by atoms with Crippen LogP contribution < -0.4 is 10.6 Å². The van der Waals surface area contributed by atoms with E-state index in [4.69, 9.17) is 23.2 Å². The molecule has 5 heteroatoms. The van der Waals surface area contributed by atoms with Gasteiger partial charge in [0.2, 0.25) is 5.91 Å². The van der Waals surface area contributed by atoms with Gasteiger partial charge in [0.25, 0.3) is 0 Å². The van der Waals surface area contributed by atoms with Crippen molar-refractivity contribution in [3.63, 3.8) is 0 Å². The molecule has 2 saturated carbocycles. The van der Waals surface area contributed by atoms with Crippen LogP contribution in [0.15, 0.2) is 18.2 Å². The SMILES string of the molecule is C[C@H](N[C@H](C)C(=O)Nc1cc(Cl)cc(Cl)c1)[C@H]1C[C@@H]2CC[C@H]1C2. The molecule has 1 aromatic rings. The summed E-state index contributed by atoms with van der Waals surface area (Å²) in [5.74, 6) is 2.43. The van der Waals surface area contributed by atoms with Crippen LogP contribution in [0, 0.1) is 17.8 Å². The molecule has 0 radical (unpaired) electrons. The number of benzene rings is 1. The van der Waals surface area contributed by atoms with Crippen molar-refractivity contribution in [2.75, 3.05) is 5.32 Å². The lowest BCUT2D eigenvalue weighted by molar-refractivity contribution is -0.118. The van der Waals surface area contributed by atoms with Gasteiger partial charge in [-0.2, -0.15) is 0 Å². The van der Waals surface area contributed by atoms with Crippen LogP contribution in [-0.2, 0) is 4.79 Å². The predicted molar refractivity (Wildman–Crippen MR) is 96.1 cm³/mol. The van der Waals surface area contributed by atoms with Gasteiger partial charge < -0.3 is 10.6 Å². The van der Waals surface area contributed by atoms with Crippen LogP contribution in [0.4, 0.5) is 5.69 Å². The van der Waals surface area contributed by atoms with Gasteiger partial charge in [0, 0.05) is 21.8 Å². The van der Waals surface area contributed by atoms with Crippen LogP contribution >= 0.6 is 23.2 Å². The van der Waals surface area contributed by atoms with Crippen molar-refractivity contribution < 1.29 is 4.79 Å². The summed E-state index contributed by atoms with van der Waals surface area (Å²) in [6.07, 6.45) is 5.47. The first-order valence-corrected chi connectivity index (χ1v) is 9.21. The Morgan fingerprint density at radius 3 is 2.39 bits per heavy atom. The highest BCUT2D eigenvalue weighted by Crippen LogP contribution is 2.49. The zero-order valence-electron chi connectivity index (χ0n) is 13.6. The fourth-order valence-electron chi connectivity index (χ4n) is 4.38. The van der Waals surface area contributed by atoms with Crippen LogP contribution in [0.3, 0.4) is 0 Å². The Balaban J connectivity index is 1.55. The molecule has 0 aromatic heterocycles. The summed E-state index contributed by atoms with van der Waals surface area (Å²) in [7, 11) is 0. The number of nitrogens with one attached hydrogen (secondary N) is 2. The van der Waals surface area contributed by atoms with E-state index in [1.807, 2.05) is 6.92 Å². The van der Waals surface area contributed by atoms with Crippen molar-refractivity contribution >= 4 is 34.8 Å². The molecule has 0 aliphatic heterocycles. The van der Waals surface area contributed by atoms with Gasteiger partial charge in [-0.15, -0.1) is 0 Å². The second-order valence-corrected chi connectivity index (χ2v) is 8.04. The summed E-state index contributed by atoms with van der Waals surface area (Å²) < 4.78 is 0. The maximum absolute atomic E-state index is 12.4. The van der Waals surface area contributed by atoms with E-state index in [0.29, 0.717) is 27.7 Å². The smallest absolute Gasteiger partial charge is 0.241 e. The molecule has 0 saturated heterocycles. The average molecular weight is 355 g/mol. The van der Waals surface area contributed by atoms with E-state index in [2.05, 4.69) is 17.6 Å². The molecular formula is C18H24Cl2N2O. The first-order valence-electron chi connectivity index (χ1n) is 8.45. The topological polar surface area (TPSA) is 41.1 Å². The van der Waals surface area contributed by atoms with Crippen molar-refractivity contribution in [1.29, 1.82) is 0 Å². The summed E-state index contributed by atoms with van der Waals surface area (Å²) in [6.45, 7) is 4.12. The van der Waals surface area contributed by atoms with E-state index in [1.54, 1.807) is 18.2 Å². The number of fused-ring (bicyclic) bond motifs is 2. The Hall–Kier alpha value is -0.770. The van der Waals surface area contributed by atoms with Crippen LogP contribution in [0.5, 0.6) is 0 Å². The maximum Gasteiger partial charge on any atom is 0.241 e. The minimum Gasteiger partial charge on any atom is -0.325 e. The number of rotatable bonds is 5. The van der Waals surface area contributed by atoms with Crippen LogP contribution in [-0.4, -0.2) is 18.0 Å². The van der Waals surface area contributed by atoms with Gasteiger partial charge in [0.1, 0.15) is 0 Å². The normalized spacial score (nSPS) is 28.6. The fraction of sp³-hybridized carbons (Fsp3) is 0.611. The minimum atomic E-state index is -0.248. The number of halogens is 2. The molecule has 126 valence electrons. The van der Waals surface area contributed by atoms with Gasteiger partial charge in [-0.05, 0) is 69.1 Å². The summed E-state index contributed by atoms with van der Waals surface area (Å²) >= 11 is 11.9. The highest BCUT2D eigenvalue weighted by Gasteiger charge is 2.42. The fourth-order valence-corrected chi connectivity index (χ4v) is 4.90. The van der Waals surface area contributed by atoms with Gasteiger partial charge in [-0.1, -0.05) is 29.6 Å². The molecule has 1 amide bonds. The molecule has 0 spiro atoms. The quantitative estimate of drug-likeness (QED) is 0.801. The number of anilines is 1. The van der Waals surface area contributed by atoms with Gasteiger partial charge >= 0.3 is 0 Å². The number of hydrogen-bond donors (Lipinski definition) is 2. The predicted octanol–water partition coefficient (Wildman–Crippen LogP) is 4.73. The Bertz CT molecular complexity index is 572. The van der Waals surface area contributed by atoms with Gasteiger partial charge in [-0.25, -0.2) is 0 Å². The molecule has 0 unspecified atom stereocenters. The van der Waals surface area contributed by atoms with Crippen molar-refractivity contribution in [1.82, 2.24) is 5.32 Å². The number of amides is 1. The van der Waals surface area contributed by atoms with Crippen molar-refractivity contribution in [2.45, 2.75) is 51.6 Å². The Morgan fingerprint density at radius 1 is 1.13 bits per heavy atom. The zero-order valence-corrected chi connectivity index (χ0v) is 15.1. The standard InChI is InChI=1S/C18H24Cl2N2O/c1-10(17-6-12-3-4-13(17)5-12)21-11(2)18(23)22-16-8-14(19)7-15(20)9-16/h7-13,17,21H,3-6H2,1-2H3,(H,22,23)/t10-,11+,12+,13-,17+/m0/s1. The highest BCUT2D eigenvalue weighted by molar-refractivity contribution is 6.35. The molecule has 2 aliphatic carbocycles. The molecule has 2 bridgehead atoms. The average Bonchev–Trinajstić information content (AvgIpc) is 3.08. The largest absolute Gasteiger partial charge is 0.325 e. The van der Waals surface area contributed by atoms with Crippen LogP contribution in [0.2, 0.25) is 10.0 Å². The van der Waals surface area contributed by atoms with Crippen molar-refractivity contribution in [3.05, 3.63) is 28.2 Å². The molecule has 23 heavy (non-hydrogen) atoms. The van der Waals surface area contributed by atoms with Crippen molar-refractivity contribution in [3.8, 4) is 0 Å². The minimum absolute atomic E-state index is 0.0571. The maximum atomic E-state index is 12.4. The molecule has 1 aromatic carbocycles. The van der Waals surface area contributed by atoms with Crippen molar-refractivity contribution in [2.24, 2.45) is 17.8 Å². The first kappa shape index (κ1) is 17.1. The van der Waals surface area contributed by atoms with E-state index in [0.717, 1.165) is 11.8 Å². The third-order valence-electron chi connectivity index (χ3n) is 5.47. The summed E-state index contributed by atoms with van der Waals surface area (Å²) in [5, 5.41) is 7.40. The molecule has 5 atom stereocenters. The van der Waals surface area contributed by atoms with E-state index < -0.39 is 0 Å². The molecule has 2 fully saturated rings. The summed E-state index contributed by atoms with van der Waals surface area (Å²) in [4.78, 5) is 12.4. The zero-order chi connectivity index (χ0) is 16.6. The van der Waals surface area contributed by atoms with Gasteiger partial charge in [0.05, 0.1) is 6.04 Å². The molecule has 0 heterocycles. The van der Waals surface area contributed by atoms with E-state index in [1.165, 1.54) is 25.7 Å². The number of carbonyl (C=O) groups is 1. The van der Waals surface area contributed by atoms with E-state index in [9.17, 15) is 4.79 Å². The summed E-state index contributed by atoms with van der Waals surface area (Å²) in [6, 6.07) is 5.18. The lowest BCUT2D eigenvalue weighted by atomic mass is 9.84. The number of hydrogen-bond acceptors (Lipinski definition) is 2. The Kier molecular flexibility index (Phi) is 5.19. The lowest BCUT2D eigenvalue weighted by Gasteiger charge is -2.30. The lowest BCUT2D eigenvalue weighted by Crippen LogP contribution is -2.46. The molecule has 3 nitrogen and oxygen atoms in total. The first-order chi connectivity index (χ1) is 10.9. The Morgan fingerprint density at radius 2 is 1.83 bits per heavy atom. The monoisotopic (exact) mass is 354 g/mol. The second-order valence-electron chi connectivity index (χ2n) is 7.16. The third-order valence-corrected chi connectivity index (χ3v) is 5.91. The van der Waals surface area contributed by atoms with Gasteiger partial charge in [0.15, 0.2) is 0 Å². The number of carbonyl (C=O) groups excluding carboxylic acids is 1. The summed E-state index contributed by atoms with van der Waals surface area (Å²) in [5.41, 5.74) is 0.633. The van der Waals surface area contributed by atoms with E-state index >= 15 is 0 Å². The van der Waals surface area contributed by atoms with E-state index in [-0.39, 0.29) is 11.9 Å². The van der Waals surface area contributed by atoms with Crippen LogP contribution in [0.1, 0.15) is 39.5 Å². The molecule has 3 rings (SSSR count). The molecular weight excluding hydrogens is 331 g/mol. The molecule has 2 aliphatic rings. The Labute approximate surface area is 148 Å². The highest BCUT2D eigenvalue weighted by atomic mass is 35.5. The van der Waals surface area contributed by atoms with Crippen LogP contribution in [0.25, 0.3) is 0 Å². The molecule has 2 N–H and O–H groups in total. The van der Waals surface area contributed by atoms with Gasteiger partial charge in [-0.3, -0.25) is 4.79 Å². The second kappa shape index (κ2) is 7.00. The third kappa shape index (κ3) is 4.01.